The van der Waals surface area contributed by atoms with Crippen LogP contribution in [0.3, 0.4) is 0 Å². The average Bonchev–Trinajstić information content (AvgIpc) is 3.96. The van der Waals surface area contributed by atoms with Crippen LogP contribution in [-0.4, -0.2) is 0 Å². The predicted octanol–water partition coefficient (Wildman–Crippen LogP) is 16.1. The Morgan fingerprint density at radius 3 is 1.42 bits per heavy atom. The minimum Gasteiger partial charge on any atom is -0.310 e. The van der Waals surface area contributed by atoms with E-state index in [1.54, 1.807) is 0 Å². The van der Waals surface area contributed by atoms with Crippen LogP contribution in [0.1, 0.15) is 11.1 Å². The van der Waals surface area contributed by atoms with Crippen LogP contribution in [0.4, 0.5) is 34.1 Å². The Kier molecular flexibility index (Phi) is 7.37. The van der Waals surface area contributed by atoms with E-state index >= 15 is 0 Å². The van der Waals surface area contributed by atoms with Crippen molar-refractivity contribution in [3.05, 3.63) is 205 Å². The maximum Gasteiger partial charge on any atom is 0.0546 e. The number of benzene rings is 9. The molecule has 0 N–H and O–H groups in total. The summed E-state index contributed by atoms with van der Waals surface area (Å²) in [6.45, 7) is 0. The summed E-state index contributed by atoms with van der Waals surface area (Å²) in [4.78, 5) is 4.88. The zero-order chi connectivity index (χ0) is 37.5. The van der Waals surface area contributed by atoms with Crippen LogP contribution in [0.15, 0.2) is 194 Å². The molecule has 4 heteroatoms. The fourth-order valence-corrected chi connectivity index (χ4v) is 11.3. The molecule has 0 saturated heterocycles. The third kappa shape index (κ3) is 5.22. The third-order valence-electron chi connectivity index (χ3n) is 11.6. The summed E-state index contributed by atoms with van der Waals surface area (Å²) >= 11 is 3.73. The minimum atomic E-state index is 0.883. The highest BCUT2D eigenvalue weighted by atomic mass is 32.1. The van der Waals surface area contributed by atoms with Gasteiger partial charge >= 0.3 is 0 Å². The maximum absolute atomic E-state index is 2.46. The number of hydrogen-bond donors (Lipinski definition) is 0. The molecule has 0 bridgehead atoms. The van der Waals surface area contributed by atoms with Gasteiger partial charge in [-0.05, 0) is 125 Å². The predicted molar refractivity (Wildman–Crippen MR) is 247 cm³/mol. The van der Waals surface area contributed by atoms with Gasteiger partial charge in [0.05, 0.1) is 5.69 Å². The lowest BCUT2D eigenvalue weighted by atomic mass is 9.96. The second kappa shape index (κ2) is 12.9. The van der Waals surface area contributed by atoms with E-state index in [0.29, 0.717) is 0 Å². The Bertz CT molecular complexity index is 3340. The van der Waals surface area contributed by atoms with Crippen LogP contribution in [0.5, 0.6) is 0 Å². The summed E-state index contributed by atoms with van der Waals surface area (Å²) < 4.78 is 5.27. The molecule has 2 heterocycles. The molecule has 1 aliphatic carbocycles. The molecule has 0 unspecified atom stereocenters. The standard InChI is InChI=1S/C53H34N2S2/c1-3-13-35(14-4-1)54(38-24-27-52-47(31-38)43-19-9-11-21-50(43)56-52)37-23-26-40-34(29-37)30-45-41-17-7-8-18-42(41)49(33-46(40)45)55(36-15-5-2-6-16-36)39-25-28-53-48(32-39)44-20-10-12-22-51(44)57-53/h1-29,31-33H,30H2. The fourth-order valence-electron chi connectivity index (χ4n) is 9.09. The number of thiophene rings is 2. The fraction of sp³-hybridized carbons (Fsp3) is 0.0189. The van der Waals surface area contributed by atoms with Gasteiger partial charge in [-0.15, -0.1) is 22.7 Å². The van der Waals surface area contributed by atoms with Crippen molar-refractivity contribution >= 4 is 108 Å². The van der Waals surface area contributed by atoms with Crippen LogP contribution in [0, 0.1) is 0 Å². The van der Waals surface area contributed by atoms with E-state index in [9.17, 15) is 0 Å². The van der Waals surface area contributed by atoms with E-state index in [1.165, 1.54) is 84.7 Å². The maximum atomic E-state index is 2.46. The summed E-state index contributed by atoms with van der Waals surface area (Å²) in [7, 11) is 0. The van der Waals surface area contributed by atoms with Gasteiger partial charge in [-0.1, -0.05) is 103 Å². The Hall–Kier alpha value is -6.72. The molecule has 0 amide bonds. The molecule has 0 atom stereocenters. The van der Waals surface area contributed by atoms with Gasteiger partial charge in [-0.25, -0.2) is 0 Å². The number of rotatable bonds is 6. The molecule has 2 aromatic heterocycles. The molecule has 9 aromatic carbocycles. The summed E-state index contributed by atoms with van der Waals surface area (Å²) in [5.41, 5.74) is 12.3. The van der Waals surface area contributed by atoms with Crippen LogP contribution in [0.2, 0.25) is 0 Å². The number of nitrogens with zero attached hydrogens (tertiary/aromatic N) is 2. The van der Waals surface area contributed by atoms with E-state index in [1.807, 2.05) is 22.7 Å². The van der Waals surface area contributed by atoms with Gasteiger partial charge in [-0.3, -0.25) is 0 Å². The summed E-state index contributed by atoms with van der Waals surface area (Å²) in [6.07, 6.45) is 0.883. The molecule has 1 aliphatic rings. The van der Waals surface area contributed by atoms with E-state index in [0.717, 1.165) is 29.2 Å². The minimum absolute atomic E-state index is 0.883. The Labute approximate surface area is 338 Å². The van der Waals surface area contributed by atoms with E-state index in [2.05, 4.69) is 204 Å². The highest BCUT2D eigenvalue weighted by molar-refractivity contribution is 7.26. The summed E-state index contributed by atoms with van der Waals surface area (Å²) in [5, 5.41) is 7.78. The van der Waals surface area contributed by atoms with Crippen molar-refractivity contribution in [2.45, 2.75) is 6.42 Å². The highest BCUT2D eigenvalue weighted by Gasteiger charge is 2.27. The average molecular weight is 763 g/mol. The van der Waals surface area contributed by atoms with Crippen molar-refractivity contribution in [3.63, 3.8) is 0 Å². The number of anilines is 6. The van der Waals surface area contributed by atoms with Gasteiger partial charge in [0.15, 0.2) is 0 Å². The van der Waals surface area contributed by atoms with Gasteiger partial charge in [0, 0.05) is 74.2 Å². The molecule has 11 aromatic rings. The zero-order valence-electron chi connectivity index (χ0n) is 30.9. The van der Waals surface area contributed by atoms with Gasteiger partial charge in [0.2, 0.25) is 0 Å². The molecule has 0 spiro atoms. The molecule has 57 heavy (non-hydrogen) atoms. The van der Waals surface area contributed by atoms with E-state index in [4.69, 9.17) is 0 Å². The Morgan fingerprint density at radius 2 is 0.789 bits per heavy atom. The molecular formula is C53H34N2S2. The highest BCUT2D eigenvalue weighted by Crippen LogP contribution is 2.50. The van der Waals surface area contributed by atoms with Crippen molar-refractivity contribution in [1.29, 1.82) is 0 Å². The lowest BCUT2D eigenvalue weighted by Crippen LogP contribution is -2.11. The smallest absolute Gasteiger partial charge is 0.0546 e. The molecular weight excluding hydrogens is 729 g/mol. The third-order valence-corrected chi connectivity index (χ3v) is 13.9. The first kappa shape index (κ1) is 32.5. The van der Waals surface area contributed by atoms with E-state index in [-0.39, 0.29) is 0 Å². The second-order valence-electron chi connectivity index (χ2n) is 14.9. The van der Waals surface area contributed by atoms with Crippen LogP contribution in [0.25, 0.3) is 62.2 Å². The molecule has 12 rings (SSSR count). The quantitative estimate of drug-likeness (QED) is 0.166. The molecule has 0 saturated carbocycles. The molecule has 2 nitrogen and oxygen atoms in total. The number of hydrogen-bond acceptors (Lipinski definition) is 4. The van der Waals surface area contributed by atoms with Crippen LogP contribution in [-0.2, 0) is 6.42 Å². The Balaban J connectivity index is 1.03. The van der Waals surface area contributed by atoms with Crippen molar-refractivity contribution in [2.75, 3.05) is 9.80 Å². The normalized spacial score (nSPS) is 12.1. The number of para-hydroxylation sites is 2. The SMILES string of the molecule is c1ccc(N(c2ccc3c(c2)Cc2c-3cc(N(c3ccccc3)c3ccc4sc5ccccc5c4c3)c3ccccc23)c2ccc3sc4ccccc4c3c2)cc1. The monoisotopic (exact) mass is 762 g/mol. The van der Waals surface area contributed by atoms with Crippen molar-refractivity contribution in [3.8, 4) is 11.1 Å². The topological polar surface area (TPSA) is 6.48 Å². The van der Waals surface area contributed by atoms with Gasteiger partial charge in [0.25, 0.3) is 0 Å². The molecule has 0 radical (unpaired) electrons. The summed E-state index contributed by atoms with van der Waals surface area (Å²) in [6, 6.07) is 71.6. The lowest BCUT2D eigenvalue weighted by molar-refractivity contribution is 1.24. The first-order valence-electron chi connectivity index (χ1n) is 19.5. The second-order valence-corrected chi connectivity index (χ2v) is 17.1. The van der Waals surface area contributed by atoms with E-state index < -0.39 is 0 Å². The van der Waals surface area contributed by atoms with Gasteiger partial charge in [-0.2, -0.15) is 0 Å². The number of fused-ring (bicyclic) bond motifs is 11. The van der Waals surface area contributed by atoms with Crippen LogP contribution < -0.4 is 9.80 Å². The lowest BCUT2D eigenvalue weighted by Gasteiger charge is -2.28. The Morgan fingerprint density at radius 1 is 0.316 bits per heavy atom. The first-order chi connectivity index (χ1) is 28.2. The molecule has 268 valence electrons. The molecule has 0 aliphatic heterocycles. The van der Waals surface area contributed by atoms with Crippen molar-refractivity contribution in [2.24, 2.45) is 0 Å². The molecule has 0 fully saturated rings. The van der Waals surface area contributed by atoms with Crippen molar-refractivity contribution in [1.82, 2.24) is 0 Å². The summed E-state index contributed by atoms with van der Waals surface area (Å²) in [5.74, 6) is 0. The zero-order valence-corrected chi connectivity index (χ0v) is 32.5. The largest absolute Gasteiger partial charge is 0.310 e. The van der Waals surface area contributed by atoms with Gasteiger partial charge < -0.3 is 9.80 Å². The van der Waals surface area contributed by atoms with Crippen molar-refractivity contribution < 1.29 is 0 Å². The van der Waals surface area contributed by atoms with Crippen LogP contribution >= 0.6 is 22.7 Å². The first-order valence-corrected chi connectivity index (χ1v) is 21.1. The van der Waals surface area contributed by atoms with Gasteiger partial charge in [0.1, 0.15) is 0 Å².